The number of carbonyl (C=O) groups excluding carboxylic acids is 2. The number of aromatic nitrogens is 2. The zero-order valence-corrected chi connectivity index (χ0v) is 21.0. The summed E-state index contributed by atoms with van der Waals surface area (Å²) in [5.41, 5.74) is 2.21. The summed E-state index contributed by atoms with van der Waals surface area (Å²) in [6, 6.07) is 10.1. The van der Waals surface area contributed by atoms with Crippen molar-refractivity contribution < 1.29 is 19.1 Å². The number of aryl methyl sites for hydroxylation is 2. The fourth-order valence-electron chi connectivity index (χ4n) is 3.55. The lowest BCUT2D eigenvalue weighted by atomic mass is 10.1. The van der Waals surface area contributed by atoms with E-state index in [1.165, 1.54) is 13.2 Å². The van der Waals surface area contributed by atoms with Gasteiger partial charge in [0.1, 0.15) is 10.8 Å². The molecule has 2 aromatic heterocycles. The van der Waals surface area contributed by atoms with E-state index in [9.17, 15) is 14.4 Å². The Morgan fingerprint density at radius 3 is 2.60 bits per heavy atom. The van der Waals surface area contributed by atoms with Gasteiger partial charge in [0.2, 0.25) is 0 Å². The molecule has 0 radical (unpaired) electrons. The highest BCUT2D eigenvalue weighted by Crippen LogP contribution is 2.32. The second kappa shape index (κ2) is 9.89. The van der Waals surface area contributed by atoms with Crippen LogP contribution in [0, 0.1) is 13.8 Å². The first-order valence-corrected chi connectivity index (χ1v) is 11.9. The smallest absolute Gasteiger partial charge is 0.359 e. The molecule has 0 saturated heterocycles. The maximum absolute atomic E-state index is 13.6. The van der Waals surface area contributed by atoms with Crippen LogP contribution in [0.4, 0.5) is 5.00 Å². The maximum atomic E-state index is 13.6. The van der Waals surface area contributed by atoms with Gasteiger partial charge in [-0.1, -0.05) is 17.7 Å². The number of amides is 1. The summed E-state index contributed by atoms with van der Waals surface area (Å²) in [4.78, 5) is 39.4. The highest BCUT2D eigenvalue weighted by molar-refractivity contribution is 7.16. The first-order chi connectivity index (χ1) is 16.7. The number of nitrogens with one attached hydrogen (secondary N) is 1. The molecular weight excluding hydrogens is 490 g/mol. The number of thiophene rings is 1. The number of nitrogens with zero attached hydrogens (tertiary/aromatic N) is 2. The first-order valence-electron chi connectivity index (χ1n) is 10.7. The summed E-state index contributed by atoms with van der Waals surface area (Å²) in [6.07, 6.45) is 0. The molecule has 180 valence electrons. The SMILES string of the molecule is CCOC(=O)c1nn(-c2ccc(C)c(C)c2)c(=O)c2c(NC(=O)c3cc(Cl)ccc3OC)scc12. The molecule has 35 heavy (non-hydrogen) atoms. The Balaban J connectivity index is 1.90. The highest BCUT2D eigenvalue weighted by atomic mass is 35.5. The summed E-state index contributed by atoms with van der Waals surface area (Å²) >= 11 is 7.18. The Morgan fingerprint density at radius 1 is 1.14 bits per heavy atom. The van der Waals surface area contributed by atoms with E-state index in [1.54, 1.807) is 30.5 Å². The van der Waals surface area contributed by atoms with Gasteiger partial charge in [-0.2, -0.15) is 9.78 Å². The van der Waals surface area contributed by atoms with E-state index >= 15 is 0 Å². The zero-order chi connectivity index (χ0) is 25.3. The summed E-state index contributed by atoms with van der Waals surface area (Å²) in [7, 11) is 1.44. The van der Waals surface area contributed by atoms with Crippen molar-refractivity contribution >= 4 is 50.6 Å². The van der Waals surface area contributed by atoms with Crippen LogP contribution < -0.4 is 15.6 Å². The van der Waals surface area contributed by atoms with E-state index in [-0.39, 0.29) is 28.3 Å². The second-order valence-electron chi connectivity index (χ2n) is 7.71. The van der Waals surface area contributed by atoms with Crippen LogP contribution in [0.2, 0.25) is 5.02 Å². The number of halogens is 1. The predicted molar refractivity (Wildman–Crippen MR) is 137 cm³/mol. The van der Waals surface area contributed by atoms with E-state index in [0.29, 0.717) is 21.8 Å². The first kappa shape index (κ1) is 24.4. The summed E-state index contributed by atoms with van der Waals surface area (Å²) in [5, 5.41) is 9.78. The van der Waals surface area contributed by atoms with Crippen molar-refractivity contribution in [1.82, 2.24) is 9.78 Å². The second-order valence-corrected chi connectivity index (χ2v) is 9.02. The average molecular weight is 512 g/mol. The quantitative estimate of drug-likeness (QED) is 0.359. The topological polar surface area (TPSA) is 99.5 Å². The number of rotatable bonds is 6. The third-order valence-corrected chi connectivity index (χ3v) is 6.62. The Kier molecular flexibility index (Phi) is 6.90. The Morgan fingerprint density at radius 2 is 1.91 bits per heavy atom. The predicted octanol–water partition coefficient (Wildman–Crippen LogP) is 5.16. The van der Waals surface area contributed by atoms with Crippen LogP contribution >= 0.6 is 22.9 Å². The minimum Gasteiger partial charge on any atom is -0.496 e. The lowest BCUT2D eigenvalue weighted by Crippen LogP contribution is -2.25. The molecule has 0 bridgehead atoms. The van der Waals surface area contributed by atoms with E-state index in [0.717, 1.165) is 27.1 Å². The minimum atomic E-state index is -0.665. The van der Waals surface area contributed by atoms with E-state index in [1.807, 2.05) is 26.0 Å². The molecule has 4 aromatic rings. The van der Waals surface area contributed by atoms with Gasteiger partial charge in [-0.25, -0.2) is 4.79 Å². The van der Waals surface area contributed by atoms with Crippen molar-refractivity contribution in [3.8, 4) is 11.4 Å². The molecule has 0 aliphatic carbocycles. The molecule has 10 heteroatoms. The van der Waals surface area contributed by atoms with Gasteiger partial charge in [-0.15, -0.1) is 11.3 Å². The average Bonchev–Trinajstić information content (AvgIpc) is 3.25. The summed E-state index contributed by atoms with van der Waals surface area (Å²) in [5.74, 6) is -0.851. The molecule has 4 rings (SSSR count). The van der Waals surface area contributed by atoms with Crippen molar-refractivity contribution in [2.45, 2.75) is 20.8 Å². The molecule has 0 unspecified atom stereocenters. The highest BCUT2D eigenvalue weighted by Gasteiger charge is 2.24. The van der Waals surface area contributed by atoms with E-state index < -0.39 is 17.4 Å². The van der Waals surface area contributed by atoms with Crippen LogP contribution in [0.5, 0.6) is 5.75 Å². The molecule has 0 spiro atoms. The Bertz CT molecular complexity index is 1530. The standard InChI is InChI=1S/C25H22ClN3O5S/c1-5-34-25(32)21-18-12-35-23(27-22(30)17-11-15(26)7-9-19(17)33-4)20(18)24(31)29(28-21)16-8-6-13(2)14(3)10-16/h6-12H,5H2,1-4H3,(H,27,30). The zero-order valence-electron chi connectivity index (χ0n) is 19.5. The Hall–Kier alpha value is -3.69. The van der Waals surface area contributed by atoms with Crippen LogP contribution in [-0.4, -0.2) is 35.4 Å². The van der Waals surface area contributed by atoms with Crippen molar-refractivity contribution in [1.29, 1.82) is 0 Å². The number of methoxy groups -OCH3 is 1. The van der Waals surface area contributed by atoms with Crippen molar-refractivity contribution in [2.24, 2.45) is 0 Å². The summed E-state index contributed by atoms with van der Waals surface area (Å²) < 4.78 is 11.6. The molecule has 0 aliphatic heterocycles. The van der Waals surface area contributed by atoms with Crippen molar-refractivity contribution in [3.05, 3.63) is 79.5 Å². The van der Waals surface area contributed by atoms with Gasteiger partial charge in [0.15, 0.2) is 5.69 Å². The summed E-state index contributed by atoms with van der Waals surface area (Å²) in [6.45, 7) is 5.71. The number of esters is 1. The number of benzene rings is 2. The van der Waals surface area contributed by atoms with Crippen molar-refractivity contribution in [2.75, 3.05) is 19.0 Å². The molecule has 2 heterocycles. The molecule has 0 fully saturated rings. The van der Waals surface area contributed by atoms with E-state index in [2.05, 4.69) is 10.4 Å². The largest absolute Gasteiger partial charge is 0.496 e. The third kappa shape index (κ3) is 4.65. The van der Waals surface area contributed by atoms with Gasteiger partial charge in [-0.3, -0.25) is 9.59 Å². The molecule has 1 amide bonds. The van der Waals surface area contributed by atoms with Crippen LogP contribution in [0.25, 0.3) is 16.5 Å². The monoisotopic (exact) mass is 511 g/mol. The number of fused-ring (bicyclic) bond motifs is 1. The van der Waals surface area contributed by atoms with Gasteiger partial charge in [0.25, 0.3) is 11.5 Å². The normalized spacial score (nSPS) is 10.9. The molecular formula is C25H22ClN3O5S. The molecule has 1 N–H and O–H groups in total. The Labute approximate surface area is 210 Å². The number of anilines is 1. The maximum Gasteiger partial charge on any atom is 0.359 e. The lowest BCUT2D eigenvalue weighted by Gasteiger charge is -2.12. The van der Waals surface area contributed by atoms with Crippen LogP contribution in [-0.2, 0) is 4.74 Å². The van der Waals surface area contributed by atoms with Crippen LogP contribution in [0.3, 0.4) is 0 Å². The van der Waals surface area contributed by atoms with Crippen LogP contribution in [0.15, 0.2) is 46.6 Å². The molecule has 0 aliphatic rings. The number of hydrogen-bond acceptors (Lipinski definition) is 7. The molecule has 0 saturated carbocycles. The number of carbonyl (C=O) groups is 2. The van der Waals surface area contributed by atoms with Crippen LogP contribution in [0.1, 0.15) is 38.9 Å². The molecule has 8 nitrogen and oxygen atoms in total. The van der Waals surface area contributed by atoms with Gasteiger partial charge < -0.3 is 14.8 Å². The number of hydrogen-bond donors (Lipinski definition) is 1. The molecule has 2 aromatic carbocycles. The van der Waals surface area contributed by atoms with Gasteiger partial charge in [0, 0.05) is 15.8 Å². The van der Waals surface area contributed by atoms with E-state index in [4.69, 9.17) is 21.1 Å². The fourth-order valence-corrected chi connectivity index (χ4v) is 4.66. The van der Waals surface area contributed by atoms with Crippen molar-refractivity contribution in [3.63, 3.8) is 0 Å². The number of ether oxygens (including phenoxy) is 2. The third-order valence-electron chi connectivity index (χ3n) is 5.49. The van der Waals surface area contributed by atoms with Gasteiger partial charge in [0.05, 0.1) is 30.4 Å². The fraction of sp³-hybridized carbons (Fsp3) is 0.200. The van der Waals surface area contributed by atoms with Gasteiger partial charge >= 0.3 is 5.97 Å². The van der Waals surface area contributed by atoms with Gasteiger partial charge in [-0.05, 0) is 62.2 Å². The minimum absolute atomic E-state index is 0.0169. The molecule has 0 atom stereocenters. The lowest BCUT2D eigenvalue weighted by molar-refractivity contribution is 0.0520.